The first-order valence-corrected chi connectivity index (χ1v) is 5.87. The molecule has 3 N–H and O–H groups in total. The van der Waals surface area contributed by atoms with Crippen LogP contribution in [0.25, 0.3) is 0 Å². The smallest absolute Gasteiger partial charge is 0.387 e. The number of pyridine rings is 1. The van der Waals surface area contributed by atoms with E-state index in [1.54, 1.807) is 0 Å². The van der Waals surface area contributed by atoms with E-state index in [1.165, 1.54) is 0 Å². The van der Waals surface area contributed by atoms with Gasteiger partial charge in [-0.05, 0) is 12.1 Å². The van der Waals surface area contributed by atoms with Gasteiger partial charge in [0.1, 0.15) is 11.6 Å². The van der Waals surface area contributed by atoms with Crippen molar-refractivity contribution in [2.24, 2.45) is 5.73 Å². The van der Waals surface area contributed by atoms with E-state index in [4.69, 9.17) is 11.1 Å². The molecule has 5 nitrogen and oxygen atoms in total. The van der Waals surface area contributed by atoms with Crippen LogP contribution in [0, 0.1) is 5.41 Å². The number of hydrogen-bond donors (Lipinski definition) is 2. The fourth-order valence-corrected chi connectivity index (χ4v) is 2.06. The third-order valence-electron chi connectivity index (χ3n) is 1.73. The lowest BCUT2D eigenvalue weighted by Crippen LogP contribution is -2.23. The Bertz CT molecular complexity index is 522. The average molecular weight is 267 g/mol. The van der Waals surface area contributed by atoms with E-state index >= 15 is 0 Å². The van der Waals surface area contributed by atoms with Crippen LogP contribution in [0.15, 0.2) is 23.4 Å². The number of aromatic nitrogens is 1. The summed E-state index contributed by atoms with van der Waals surface area (Å²) in [5, 5.41) is 6.29. The van der Waals surface area contributed by atoms with Gasteiger partial charge in [0.05, 0.1) is 5.56 Å². The summed E-state index contributed by atoms with van der Waals surface area (Å²) < 4.78 is 59.4. The molecule has 0 aliphatic rings. The van der Waals surface area contributed by atoms with Crippen LogP contribution in [0.2, 0.25) is 0 Å². The van der Waals surface area contributed by atoms with Gasteiger partial charge >= 0.3 is 6.18 Å². The van der Waals surface area contributed by atoms with Crippen molar-refractivity contribution in [3.05, 3.63) is 23.9 Å². The summed E-state index contributed by atoms with van der Waals surface area (Å²) in [6.45, 7) is 0. The second-order valence-corrected chi connectivity index (χ2v) is 5.10. The third-order valence-corrected chi connectivity index (χ3v) is 3.30. The molecule has 0 spiro atoms. The predicted molar refractivity (Wildman–Crippen MR) is 53.2 cm³/mol. The van der Waals surface area contributed by atoms with Gasteiger partial charge < -0.3 is 5.73 Å². The Morgan fingerprint density at radius 1 is 1.41 bits per heavy atom. The molecule has 0 saturated heterocycles. The van der Waals surface area contributed by atoms with Crippen molar-refractivity contribution in [1.82, 2.24) is 4.98 Å². The first-order chi connectivity index (χ1) is 7.63. The molecule has 17 heavy (non-hydrogen) atoms. The van der Waals surface area contributed by atoms with Crippen molar-refractivity contribution < 1.29 is 21.6 Å². The van der Waals surface area contributed by atoms with Crippen molar-refractivity contribution >= 4 is 15.7 Å². The number of sulfone groups is 1. The lowest BCUT2D eigenvalue weighted by atomic mass is 10.3. The zero-order valence-corrected chi connectivity index (χ0v) is 9.14. The van der Waals surface area contributed by atoms with Gasteiger partial charge in [-0.25, -0.2) is 13.4 Å². The third kappa shape index (κ3) is 3.41. The summed E-state index contributed by atoms with van der Waals surface area (Å²) in [6.07, 6.45) is -4.15. The van der Waals surface area contributed by atoms with Crippen LogP contribution < -0.4 is 5.73 Å². The number of alkyl halides is 3. The van der Waals surface area contributed by atoms with Crippen molar-refractivity contribution in [2.75, 3.05) is 5.75 Å². The summed E-state index contributed by atoms with van der Waals surface area (Å²) >= 11 is 0. The van der Waals surface area contributed by atoms with Gasteiger partial charge in [0.25, 0.3) is 0 Å². The Hall–Kier alpha value is -1.64. The Balaban J connectivity index is 3.08. The number of halogens is 3. The van der Waals surface area contributed by atoms with Gasteiger partial charge in [-0.3, -0.25) is 5.41 Å². The van der Waals surface area contributed by atoms with Crippen LogP contribution in [0.3, 0.4) is 0 Å². The SMILES string of the molecule is N=C(N)CS(=O)(=O)c1ccc(C(F)(F)F)cn1. The molecule has 0 amide bonds. The molecule has 0 fully saturated rings. The summed E-state index contributed by atoms with van der Waals surface area (Å²) in [4.78, 5) is 3.21. The topological polar surface area (TPSA) is 96.9 Å². The van der Waals surface area contributed by atoms with E-state index in [0.717, 1.165) is 6.07 Å². The summed E-state index contributed by atoms with van der Waals surface area (Å²) in [7, 11) is -3.95. The predicted octanol–water partition coefficient (Wildman–Crippen LogP) is 0.810. The van der Waals surface area contributed by atoms with Crippen LogP contribution >= 0.6 is 0 Å². The molecule has 0 bridgehead atoms. The van der Waals surface area contributed by atoms with Gasteiger partial charge in [-0.2, -0.15) is 13.2 Å². The fourth-order valence-electron chi connectivity index (χ4n) is 1.01. The Morgan fingerprint density at radius 2 is 2.00 bits per heavy atom. The van der Waals surface area contributed by atoms with Crippen molar-refractivity contribution in [1.29, 1.82) is 5.41 Å². The molecular formula is C8H8F3N3O2S. The van der Waals surface area contributed by atoms with Gasteiger partial charge in [0.15, 0.2) is 5.03 Å². The number of amidine groups is 1. The lowest BCUT2D eigenvalue weighted by Gasteiger charge is -2.07. The fraction of sp³-hybridized carbons (Fsp3) is 0.250. The maximum atomic E-state index is 12.2. The van der Waals surface area contributed by atoms with Crippen molar-refractivity contribution in [3.8, 4) is 0 Å². The molecule has 0 unspecified atom stereocenters. The molecule has 1 heterocycles. The second kappa shape index (κ2) is 4.32. The summed E-state index contributed by atoms with van der Waals surface area (Å²) in [5.74, 6) is -1.38. The number of nitrogens with two attached hydrogens (primary N) is 1. The van der Waals surface area contributed by atoms with Crippen LogP contribution in [-0.4, -0.2) is 25.0 Å². The number of nitrogens with zero attached hydrogens (tertiary/aromatic N) is 1. The first-order valence-electron chi connectivity index (χ1n) is 4.22. The molecule has 1 aromatic rings. The van der Waals surface area contributed by atoms with Gasteiger partial charge in [0.2, 0.25) is 9.84 Å². The van der Waals surface area contributed by atoms with Gasteiger partial charge in [-0.15, -0.1) is 0 Å². The van der Waals surface area contributed by atoms with E-state index in [2.05, 4.69) is 4.98 Å². The molecule has 0 atom stereocenters. The highest BCUT2D eigenvalue weighted by molar-refractivity contribution is 7.92. The number of nitrogens with one attached hydrogen (secondary N) is 1. The van der Waals surface area contributed by atoms with Gasteiger partial charge in [-0.1, -0.05) is 0 Å². The molecule has 1 aromatic heterocycles. The quantitative estimate of drug-likeness (QED) is 0.625. The highest BCUT2D eigenvalue weighted by atomic mass is 32.2. The van der Waals surface area contributed by atoms with E-state index in [9.17, 15) is 21.6 Å². The average Bonchev–Trinajstić information content (AvgIpc) is 2.14. The minimum atomic E-state index is -4.57. The van der Waals surface area contributed by atoms with Crippen molar-refractivity contribution in [3.63, 3.8) is 0 Å². The summed E-state index contributed by atoms with van der Waals surface area (Å²) in [6, 6.07) is 1.35. The monoisotopic (exact) mass is 267 g/mol. The molecule has 0 aliphatic carbocycles. The maximum absolute atomic E-state index is 12.2. The normalized spacial score (nSPS) is 12.4. The standard InChI is InChI=1S/C8H8F3N3O2S/c9-8(10,11)5-1-2-7(14-3-5)17(15,16)4-6(12)13/h1-3H,4H2,(H3,12,13). The zero-order chi connectivity index (χ0) is 13.3. The number of rotatable bonds is 3. The second-order valence-electron chi connectivity index (χ2n) is 3.17. The van der Waals surface area contributed by atoms with Crippen LogP contribution in [0.5, 0.6) is 0 Å². The highest BCUT2D eigenvalue weighted by Gasteiger charge is 2.31. The van der Waals surface area contributed by atoms with Gasteiger partial charge in [0, 0.05) is 6.20 Å². The van der Waals surface area contributed by atoms with Crippen LogP contribution in [0.1, 0.15) is 5.56 Å². The molecular weight excluding hydrogens is 259 g/mol. The molecule has 9 heteroatoms. The first kappa shape index (κ1) is 13.4. The molecule has 0 radical (unpaired) electrons. The van der Waals surface area contributed by atoms with Crippen LogP contribution in [0.4, 0.5) is 13.2 Å². The molecule has 0 aliphatic heterocycles. The molecule has 94 valence electrons. The zero-order valence-electron chi connectivity index (χ0n) is 8.32. The largest absolute Gasteiger partial charge is 0.417 e. The lowest BCUT2D eigenvalue weighted by molar-refractivity contribution is -0.137. The van der Waals surface area contributed by atoms with Crippen LogP contribution in [-0.2, 0) is 16.0 Å². The van der Waals surface area contributed by atoms with E-state index < -0.39 is 38.2 Å². The minimum Gasteiger partial charge on any atom is -0.387 e. The summed E-state index contributed by atoms with van der Waals surface area (Å²) in [5.41, 5.74) is 3.87. The Morgan fingerprint density at radius 3 is 2.35 bits per heavy atom. The molecule has 1 rings (SSSR count). The van der Waals surface area contributed by atoms with E-state index in [0.29, 0.717) is 12.3 Å². The van der Waals surface area contributed by atoms with Crippen molar-refractivity contribution in [2.45, 2.75) is 11.2 Å². The minimum absolute atomic E-state index is 0.424. The molecule has 0 saturated carbocycles. The maximum Gasteiger partial charge on any atom is 0.417 e. The Labute approximate surface area is 94.9 Å². The van der Waals surface area contributed by atoms with E-state index in [1.807, 2.05) is 0 Å². The Kier molecular flexibility index (Phi) is 3.41. The molecule has 0 aromatic carbocycles. The number of hydrogen-bond acceptors (Lipinski definition) is 4. The highest BCUT2D eigenvalue weighted by Crippen LogP contribution is 2.28. The van der Waals surface area contributed by atoms with E-state index in [-0.39, 0.29) is 0 Å².